The van der Waals surface area contributed by atoms with Gasteiger partial charge in [-0.3, -0.25) is 0 Å². The molecule has 0 heterocycles. The Bertz CT molecular complexity index is 373. The second-order valence-corrected chi connectivity index (χ2v) is 5.69. The smallest absolute Gasteiger partial charge is 0.0452 e. The normalized spacial score (nSPS) is 13.4. The molecule has 2 heteroatoms. The van der Waals surface area contributed by atoms with Gasteiger partial charge in [0.2, 0.25) is 0 Å². The Morgan fingerprint density at radius 1 is 1.11 bits per heavy atom. The molecule has 0 spiro atoms. The molecule has 2 nitrogen and oxygen atoms in total. The molecule has 1 unspecified atom stereocenters. The molecule has 1 rings (SSSR count). The molecule has 1 aromatic rings. The van der Waals surface area contributed by atoms with Crippen molar-refractivity contribution in [3.63, 3.8) is 0 Å². The van der Waals surface area contributed by atoms with Crippen molar-refractivity contribution in [2.24, 2.45) is 0 Å². The quantitative estimate of drug-likeness (QED) is 0.861. The standard InChI is InChI=1S/C16H28N2/c1-11(2)18(7)10-15(17-6)16-13(4)8-12(3)9-14(16)5/h8-9,11,15,17H,10H2,1-7H3. The maximum absolute atomic E-state index is 3.46. The van der Waals surface area contributed by atoms with Crippen molar-refractivity contribution in [3.8, 4) is 0 Å². The maximum atomic E-state index is 3.46. The highest BCUT2D eigenvalue weighted by Gasteiger charge is 2.17. The van der Waals surface area contributed by atoms with E-state index in [1.165, 1.54) is 22.3 Å². The van der Waals surface area contributed by atoms with E-state index in [-0.39, 0.29) is 0 Å². The molecule has 0 saturated carbocycles. The first-order chi connectivity index (χ1) is 8.36. The first-order valence-electron chi connectivity index (χ1n) is 6.82. The average molecular weight is 248 g/mol. The lowest BCUT2D eigenvalue weighted by atomic mass is 9.93. The summed E-state index contributed by atoms with van der Waals surface area (Å²) in [4.78, 5) is 2.39. The Hall–Kier alpha value is -0.860. The lowest BCUT2D eigenvalue weighted by Gasteiger charge is -2.29. The summed E-state index contributed by atoms with van der Waals surface area (Å²) in [6, 6.07) is 5.54. The molecule has 0 fully saturated rings. The second-order valence-electron chi connectivity index (χ2n) is 5.69. The van der Waals surface area contributed by atoms with Gasteiger partial charge in [0.1, 0.15) is 0 Å². The summed E-state index contributed by atoms with van der Waals surface area (Å²) < 4.78 is 0. The van der Waals surface area contributed by atoms with Crippen molar-refractivity contribution < 1.29 is 0 Å². The fourth-order valence-electron chi connectivity index (χ4n) is 2.57. The lowest BCUT2D eigenvalue weighted by Crippen LogP contribution is -2.36. The summed E-state index contributed by atoms with van der Waals surface area (Å²) in [6.45, 7) is 12.1. The molecule has 1 atom stereocenters. The van der Waals surface area contributed by atoms with Gasteiger partial charge < -0.3 is 10.2 Å². The summed E-state index contributed by atoms with van der Waals surface area (Å²) in [6.07, 6.45) is 0. The molecule has 0 saturated heterocycles. The summed E-state index contributed by atoms with van der Waals surface area (Å²) in [5, 5.41) is 3.46. The number of likely N-dealkylation sites (N-methyl/N-ethyl adjacent to an activating group) is 2. The molecular formula is C16H28N2. The first kappa shape index (κ1) is 15.2. The zero-order chi connectivity index (χ0) is 13.9. The van der Waals surface area contributed by atoms with Crippen molar-refractivity contribution in [3.05, 3.63) is 34.4 Å². The van der Waals surface area contributed by atoms with Crippen molar-refractivity contribution in [2.45, 2.75) is 46.7 Å². The van der Waals surface area contributed by atoms with Gasteiger partial charge in [-0.2, -0.15) is 0 Å². The predicted octanol–water partition coefficient (Wildman–Crippen LogP) is 3.21. The lowest BCUT2D eigenvalue weighted by molar-refractivity contribution is 0.246. The Morgan fingerprint density at radius 2 is 1.61 bits per heavy atom. The molecule has 0 aliphatic heterocycles. The third-order valence-corrected chi connectivity index (χ3v) is 3.79. The summed E-state index contributed by atoms with van der Waals surface area (Å²) in [5.41, 5.74) is 5.59. The molecule has 0 aliphatic carbocycles. The SMILES string of the molecule is CNC(CN(C)C(C)C)c1c(C)cc(C)cc1C. The van der Waals surface area contributed by atoms with Crippen LogP contribution in [0, 0.1) is 20.8 Å². The largest absolute Gasteiger partial charge is 0.312 e. The molecule has 0 aliphatic rings. The number of nitrogens with zero attached hydrogens (tertiary/aromatic N) is 1. The van der Waals surface area contributed by atoms with E-state index < -0.39 is 0 Å². The Labute approximate surface area is 112 Å². The average Bonchev–Trinajstić information content (AvgIpc) is 2.25. The molecule has 0 radical (unpaired) electrons. The van der Waals surface area contributed by atoms with Crippen LogP contribution < -0.4 is 5.32 Å². The van der Waals surface area contributed by atoms with Crippen molar-refractivity contribution in [1.82, 2.24) is 10.2 Å². The van der Waals surface area contributed by atoms with Gasteiger partial charge in [-0.05, 0) is 65.4 Å². The Balaban J connectivity index is 3.02. The minimum atomic E-state index is 0.401. The fraction of sp³-hybridized carbons (Fsp3) is 0.625. The molecule has 102 valence electrons. The van der Waals surface area contributed by atoms with Gasteiger partial charge in [0.15, 0.2) is 0 Å². The molecule has 0 aromatic heterocycles. The number of rotatable bonds is 5. The number of aryl methyl sites for hydroxylation is 3. The van der Waals surface area contributed by atoms with Crippen LogP contribution in [0.25, 0.3) is 0 Å². The molecule has 0 amide bonds. The highest BCUT2D eigenvalue weighted by atomic mass is 15.1. The van der Waals surface area contributed by atoms with Crippen molar-refractivity contribution in [2.75, 3.05) is 20.6 Å². The van der Waals surface area contributed by atoms with E-state index in [0.717, 1.165) is 6.54 Å². The van der Waals surface area contributed by atoms with E-state index in [2.05, 4.69) is 71.1 Å². The third kappa shape index (κ3) is 3.56. The van der Waals surface area contributed by atoms with Crippen LogP contribution in [0.5, 0.6) is 0 Å². The van der Waals surface area contributed by atoms with E-state index in [1.54, 1.807) is 0 Å². The summed E-state index contributed by atoms with van der Waals surface area (Å²) >= 11 is 0. The van der Waals surface area contributed by atoms with Crippen LogP contribution in [-0.2, 0) is 0 Å². The van der Waals surface area contributed by atoms with E-state index in [9.17, 15) is 0 Å². The highest BCUT2D eigenvalue weighted by molar-refractivity contribution is 5.39. The zero-order valence-electron chi connectivity index (χ0n) is 13.0. The topological polar surface area (TPSA) is 15.3 Å². The molecule has 18 heavy (non-hydrogen) atoms. The van der Waals surface area contributed by atoms with E-state index in [4.69, 9.17) is 0 Å². The minimum Gasteiger partial charge on any atom is -0.312 e. The first-order valence-corrected chi connectivity index (χ1v) is 6.82. The van der Waals surface area contributed by atoms with Crippen LogP contribution in [0.3, 0.4) is 0 Å². The van der Waals surface area contributed by atoms with Crippen LogP contribution in [0.15, 0.2) is 12.1 Å². The Kier molecular flexibility index (Phi) is 5.36. The monoisotopic (exact) mass is 248 g/mol. The highest BCUT2D eigenvalue weighted by Crippen LogP contribution is 2.24. The van der Waals surface area contributed by atoms with Gasteiger partial charge in [0.25, 0.3) is 0 Å². The van der Waals surface area contributed by atoms with Gasteiger partial charge in [0, 0.05) is 18.6 Å². The molecular weight excluding hydrogens is 220 g/mol. The van der Waals surface area contributed by atoms with Gasteiger partial charge in [-0.1, -0.05) is 17.7 Å². The number of nitrogens with one attached hydrogen (secondary N) is 1. The number of hydrogen-bond acceptors (Lipinski definition) is 2. The van der Waals surface area contributed by atoms with Gasteiger partial charge in [-0.15, -0.1) is 0 Å². The maximum Gasteiger partial charge on any atom is 0.0452 e. The van der Waals surface area contributed by atoms with Crippen LogP contribution in [-0.4, -0.2) is 31.6 Å². The van der Waals surface area contributed by atoms with Crippen molar-refractivity contribution >= 4 is 0 Å². The Morgan fingerprint density at radius 3 is 2.00 bits per heavy atom. The molecule has 1 aromatic carbocycles. The minimum absolute atomic E-state index is 0.401. The van der Waals surface area contributed by atoms with Crippen LogP contribution in [0.2, 0.25) is 0 Å². The second kappa shape index (κ2) is 6.35. The van der Waals surface area contributed by atoms with E-state index in [1.807, 2.05) is 0 Å². The van der Waals surface area contributed by atoms with E-state index in [0.29, 0.717) is 12.1 Å². The van der Waals surface area contributed by atoms with Gasteiger partial charge >= 0.3 is 0 Å². The third-order valence-electron chi connectivity index (χ3n) is 3.79. The zero-order valence-corrected chi connectivity index (χ0v) is 13.0. The fourth-order valence-corrected chi connectivity index (χ4v) is 2.57. The molecule has 1 N–H and O–H groups in total. The molecule has 0 bridgehead atoms. The summed E-state index contributed by atoms with van der Waals surface area (Å²) in [5.74, 6) is 0. The van der Waals surface area contributed by atoms with Crippen LogP contribution >= 0.6 is 0 Å². The number of benzene rings is 1. The number of hydrogen-bond donors (Lipinski definition) is 1. The van der Waals surface area contributed by atoms with Crippen LogP contribution in [0.1, 0.15) is 42.1 Å². The van der Waals surface area contributed by atoms with Crippen LogP contribution in [0.4, 0.5) is 0 Å². The summed E-state index contributed by atoms with van der Waals surface area (Å²) in [7, 11) is 4.24. The predicted molar refractivity (Wildman–Crippen MR) is 80.2 cm³/mol. The van der Waals surface area contributed by atoms with E-state index >= 15 is 0 Å². The van der Waals surface area contributed by atoms with Gasteiger partial charge in [-0.25, -0.2) is 0 Å². The van der Waals surface area contributed by atoms with Gasteiger partial charge in [0.05, 0.1) is 0 Å². The van der Waals surface area contributed by atoms with Crippen molar-refractivity contribution in [1.29, 1.82) is 0 Å².